The molecule has 1 aliphatic heterocycles. The molecule has 0 aliphatic carbocycles. The quantitative estimate of drug-likeness (QED) is 0.812. The summed E-state index contributed by atoms with van der Waals surface area (Å²) in [6.45, 7) is 6.15. The van der Waals surface area contributed by atoms with Crippen molar-refractivity contribution < 1.29 is 23.4 Å². The van der Waals surface area contributed by atoms with Crippen LogP contribution in [0.25, 0.3) is 11.0 Å². The van der Waals surface area contributed by atoms with Gasteiger partial charge in [0.05, 0.1) is 13.2 Å². The number of hydrogen-bond acceptors (Lipinski definition) is 5. The van der Waals surface area contributed by atoms with Gasteiger partial charge in [0.1, 0.15) is 11.7 Å². The average molecular weight is 290 g/mol. The minimum Gasteiger partial charge on any atom is -0.458 e. The molecular weight excluding hydrogens is 272 g/mol. The Kier molecular flexibility index (Phi) is 3.47. The Bertz CT molecular complexity index is 666. The molecule has 1 aliphatic rings. The summed E-state index contributed by atoms with van der Waals surface area (Å²) in [6.07, 6.45) is -0.372. The van der Waals surface area contributed by atoms with E-state index in [4.69, 9.17) is 18.6 Å². The lowest BCUT2D eigenvalue weighted by Gasteiger charge is -2.19. The maximum Gasteiger partial charge on any atom is 0.303 e. The van der Waals surface area contributed by atoms with Gasteiger partial charge >= 0.3 is 5.97 Å². The van der Waals surface area contributed by atoms with Gasteiger partial charge in [0.2, 0.25) is 5.79 Å². The lowest BCUT2D eigenvalue weighted by atomic mass is 10.1. The molecule has 1 atom stereocenters. The molecule has 5 nitrogen and oxygen atoms in total. The Morgan fingerprint density at radius 3 is 2.71 bits per heavy atom. The van der Waals surface area contributed by atoms with Crippen molar-refractivity contribution in [1.82, 2.24) is 0 Å². The van der Waals surface area contributed by atoms with Gasteiger partial charge in [0.15, 0.2) is 5.76 Å². The minimum absolute atomic E-state index is 0.319. The van der Waals surface area contributed by atoms with Gasteiger partial charge in [0.25, 0.3) is 0 Å². The first-order chi connectivity index (χ1) is 9.99. The van der Waals surface area contributed by atoms with Crippen LogP contribution in [-0.4, -0.2) is 19.2 Å². The summed E-state index contributed by atoms with van der Waals surface area (Å²) < 4.78 is 22.4. The van der Waals surface area contributed by atoms with E-state index >= 15 is 0 Å². The Labute approximate surface area is 122 Å². The molecule has 1 aromatic carbocycles. The number of carbonyl (C=O) groups excluding carboxylic acids is 1. The van der Waals surface area contributed by atoms with Crippen molar-refractivity contribution in [2.24, 2.45) is 0 Å². The Morgan fingerprint density at radius 1 is 1.33 bits per heavy atom. The second-order valence-corrected chi connectivity index (χ2v) is 5.27. The first kappa shape index (κ1) is 14.1. The van der Waals surface area contributed by atoms with Gasteiger partial charge in [-0.2, -0.15) is 0 Å². The van der Waals surface area contributed by atoms with Crippen LogP contribution in [-0.2, 0) is 24.8 Å². The van der Waals surface area contributed by atoms with Crippen LogP contribution in [0.1, 0.15) is 38.2 Å². The van der Waals surface area contributed by atoms with Crippen molar-refractivity contribution in [3.05, 3.63) is 35.6 Å². The predicted molar refractivity (Wildman–Crippen MR) is 75.7 cm³/mol. The molecule has 21 heavy (non-hydrogen) atoms. The van der Waals surface area contributed by atoms with E-state index in [2.05, 4.69) is 0 Å². The van der Waals surface area contributed by atoms with E-state index in [0.717, 1.165) is 10.9 Å². The van der Waals surface area contributed by atoms with Gasteiger partial charge in [-0.3, -0.25) is 4.79 Å². The molecule has 112 valence electrons. The second-order valence-electron chi connectivity index (χ2n) is 5.27. The van der Waals surface area contributed by atoms with Gasteiger partial charge in [-0.15, -0.1) is 0 Å². The number of fused-ring (bicyclic) bond motifs is 1. The molecule has 0 saturated carbocycles. The number of para-hydroxylation sites is 1. The van der Waals surface area contributed by atoms with E-state index in [1.165, 1.54) is 6.92 Å². The maximum absolute atomic E-state index is 11.1. The summed E-state index contributed by atoms with van der Waals surface area (Å²) in [5, 5.41) is 0.932. The number of benzene rings is 1. The van der Waals surface area contributed by atoms with Crippen molar-refractivity contribution in [1.29, 1.82) is 0 Å². The highest BCUT2D eigenvalue weighted by Gasteiger charge is 2.37. The second kappa shape index (κ2) is 5.16. The monoisotopic (exact) mass is 290 g/mol. The molecule has 0 radical (unpaired) electrons. The van der Waals surface area contributed by atoms with Crippen molar-refractivity contribution in [2.75, 3.05) is 13.2 Å². The van der Waals surface area contributed by atoms with Crippen LogP contribution in [0.3, 0.4) is 0 Å². The molecular formula is C16H18O5. The number of hydrogen-bond donors (Lipinski definition) is 0. The number of furan rings is 1. The molecule has 1 fully saturated rings. The molecule has 5 heteroatoms. The van der Waals surface area contributed by atoms with Gasteiger partial charge in [-0.1, -0.05) is 18.2 Å². The maximum atomic E-state index is 11.1. The van der Waals surface area contributed by atoms with E-state index < -0.39 is 5.79 Å². The molecule has 0 amide bonds. The topological polar surface area (TPSA) is 57.9 Å². The fourth-order valence-corrected chi connectivity index (χ4v) is 2.60. The average Bonchev–Trinajstić information content (AvgIpc) is 3.04. The van der Waals surface area contributed by atoms with Crippen LogP contribution >= 0.6 is 0 Å². The van der Waals surface area contributed by atoms with Crippen LogP contribution in [0.4, 0.5) is 0 Å². The zero-order chi connectivity index (χ0) is 15.0. The first-order valence-corrected chi connectivity index (χ1v) is 6.98. The number of esters is 1. The van der Waals surface area contributed by atoms with Crippen LogP contribution in [0.5, 0.6) is 0 Å². The zero-order valence-electron chi connectivity index (χ0n) is 12.3. The summed E-state index contributed by atoms with van der Waals surface area (Å²) in [6, 6.07) is 7.66. The molecule has 2 heterocycles. The third-order valence-corrected chi connectivity index (χ3v) is 3.64. The fourth-order valence-electron chi connectivity index (χ4n) is 2.60. The third kappa shape index (κ3) is 2.54. The summed E-state index contributed by atoms with van der Waals surface area (Å²) in [4.78, 5) is 11.1. The van der Waals surface area contributed by atoms with Crippen LogP contribution < -0.4 is 0 Å². The molecule has 1 aromatic heterocycles. The number of rotatable bonds is 3. The zero-order valence-corrected chi connectivity index (χ0v) is 12.3. The standard InChI is InChI=1S/C16H18O5/c1-10(20-11(2)17)13-6-4-5-12-9-14(21-15(12)13)16(3)18-7-8-19-16/h4-6,9-10H,7-8H2,1-3H3. The van der Waals surface area contributed by atoms with E-state index in [-0.39, 0.29) is 12.1 Å². The summed E-state index contributed by atoms with van der Waals surface area (Å²) in [5.41, 5.74) is 1.53. The molecule has 0 spiro atoms. The van der Waals surface area contributed by atoms with Gasteiger partial charge in [-0.05, 0) is 19.9 Å². The highest BCUT2D eigenvalue weighted by Crippen LogP contribution is 2.37. The highest BCUT2D eigenvalue weighted by molar-refractivity contribution is 5.82. The van der Waals surface area contributed by atoms with Crippen LogP contribution in [0, 0.1) is 0 Å². The largest absolute Gasteiger partial charge is 0.458 e. The molecule has 1 saturated heterocycles. The lowest BCUT2D eigenvalue weighted by molar-refractivity contribution is -0.162. The van der Waals surface area contributed by atoms with Crippen molar-refractivity contribution in [3.63, 3.8) is 0 Å². The van der Waals surface area contributed by atoms with Crippen molar-refractivity contribution in [3.8, 4) is 0 Å². The summed E-state index contributed by atoms with van der Waals surface area (Å²) >= 11 is 0. The van der Waals surface area contributed by atoms with E-state index in [9.17, 15) is 4.79 Å². The van der Waals surface area contributed by atoms with E-state index in [1.54, 1.807) is 0 Å². The summed E-state index contributed by atoms with van der Waals surface area (Å²) in [7, 11) is 0. The van der Waals surface area contributed by atoms with Crippen molar-refractivity contribution >= 4 is 16.9 Å². The predicted octanol–water partition coefficient (Wildman–Crippen LogP) is 3.28. The highest BCUT2D eigenvalue weighted by atomic mass is 16.7. The van der Waals surface area contributed by atoms with Gasteiger partial charge in [0, 0.05) is 17.9 Å². The molecule has 2 aromatic rings. The Morgan fingerprint density at radius 2 is 2.05 bits per heavy atom. The fraction of sp³-hybridized carbons (Fsp3) is 0.438. The Balaban J connectivity index is 2.03. The van der Waals surface area contributed by atoms with Gasteiger partial charge < -0.3 is 18.6 Å². The number of carbonyl (C=O) groups is 1. The summed E-state index contributed by atoms with van der Waals surface area (Å²) in [5.74, 6) is -0.542. The molecule has 0 N–H and O–H groups in total. The van der Waals surface area contributed by atoms with E-state index in [1.807, 2.05) is 38.1 Å². The van der Waals surface area contributed by atoms with Crippen LogP contribution in [0.2, 0.25) is 0 Å². The van der Waals surface area contributed by atoms with Crippen molar-refractivity contribution in [2.45, 2.75) is 32.7 Å². The first-order valence-electron chi connectivity index (χ1n) is 6.98. The van der Waals surface area contributed by atoms with E-state index in [0.29, 0.717) is 24.6 Å². The SMILES string of the molecule is CC(=O)OC(C)c1cccc2cc(C3(C)OCCO3)oc12. The molecule has 0 bridgehead atoms. The van der Waals surface area contributed by atoms with Crippen LogP contribution in [0.15, 0.2) is 28.7 Å². The Hall–Kier alpha value is -1.85. The molecule has 1 unspecified atom stereocenters. The van der Waals surface area contributed by atoms with Gasteiger partial charge in [-0.25, -0.2) is 0 Å². The normalized spacial score (nSPS) is 18.8. The smallest absolute Gasteiger partial charge is 0.303 e. The minimum atomic E-state index is -0.846. The third-order valence-electron chi connectivity index (χ3n) is 3.64. The lowest BCUT2D eigenvalue weighted by Crippen LogP contribution is -2.21. The number of ether oxygens (including phenoxy) is 3. The molecule has 3 rings (SSSR count).